The van der Waals surface area contributed by atoms with Crippen molar-refractivity contribution < 1.29 is 9.53 Å². The molecule has 2 nitrogen and oxygen atoms in total. The zero-order chi connectivity index (χ0) is 13.1. The smallest absolute Gasteiger partial charge is 0.136 e. The molecule has 0 saturated carbocycles. The van der Waals surface area contributed by atoms with Crippen molar-refractivity contribution in [2.75, 3.05) is 6.61 Å². The minimum Gasteiger partial charge on any atom is -0.378 e. The molecule has 19 heavy (non-hydrogen) atoms. The molecule has 2 heteroatoms. The summed E-state index contributed by atoms with van der Waals surface area (Å²) in [5, 5.41) is 0. The van der Waals surface area contributed by atoms with Crippen LogP contribution in [0.4, 0.5) is 0 Å². The zero-order valence-corrected chi connectivity index (χ0v) is 11.4. The molecule has 1 fully saturated rings. The highest BCUT2D eigenvalue weighted by atomic mass is 16.5. The van der Waals surface area contributed by atoms with E-state index in [0.29, 0.717) is 18.3 Å². The van der Waals surface area contributed by atoms with Gasteiger partial charge in [-0.15, -0.1) is 0 Å². The van der Waals surface area contributed by atoms with Crippen molar-refractivity contribution in [3.63, 3.8) is 0 Å². The molecule has 1 aliphatic carbocycles. The van der Waals surface area contributed by atoms with Crippen molar-refractivity contribution in [3.8, 4) is 0 Å². The van der Waals surface area contributed by atoms with Crippen LogP contribution in [0, 0.1) is 5.92 Å². The lowest BCUT2D eigenvalue weighted by Crippen LogP contribution is -2.22. The predicted molar refractivity (Wildman–Crippen MR) is 75.2 cm³/mol. The number of fused-ring (bicyclic) bond motifs is 1. The Morgan fingerprint density at radius 1 is 1.16 bits per heavy atom. The van der Waals surface area contributed by atoms with Crippen molar-refractivity contribution >= 4 is 5.78 Å². The Morgan fingerprint density at radius 2 is 1.89 bits per heavy atom. The summed E-state index contributed by atoms with van der Waals surface area (Å²) in [5.74, 6) is 0.659. The van der Waals surface area contributed by atoms with Gasteiger partial charge in [0.2, 0.25) is 0 Å². The molecule has 0 aromatic heterocycles. The standard InChI is InChI=1S/C17H22O2/c18-17(9-8-16-7-3-4-10-19-16)15-11-13-5-1-2-6-14(13)12-15/h1-2,5-6,15-16H,3-4,7-12H2. The van der Waals surface area contributed by atoms with E-state index in [1.165, 1.54) is 24.0 Å². The van der Waals surface area contributed by atoms with Crippen LogP contribution in [0.25, 0.3) is 0 Å². The van der Waals surface area contributed by atoms with E-state index in [1.807, 2.05) is 0 Å². The number of hydrogen-bond acceptors (Lipinski definition) is 2. The van der Waals surface area contributed by atoms with Crippen LogP contribution in [-0.4, -0.2) is 18.5 Å². The fourth-order valence-corrected chi connectivity index (χ4v) is 3.33. The highest BCUT2D eigenvalue weighted by Gasteiger charge is 2.27. The minimum atomic E-state index is 0.223. The average Bonchev–Trinajstić information content (AvgIpc) is 2.90. The van der Waals surface area contributed by atoms with Gasteiger partial charge in [0.1, 0.15) is 5.78 Å². The number of hydrogen-bond donors (Lipinski definition) is 0. The van der Waals surface area contributed by atoms with Crippen molar-refractivity contribution in [2.45, 2.75) is 51.0 Å². The number of ether oxygens (including phenoxy) is 1. The number of ketones is 1. The third kappa shape index (κ3) is 3.06. The van der Waals surface area contributed by atoms with Gasteiger partial charge in [0.25, 0.3) is 0 Å². The van der Waals surface area contributed by atoms with Gasteiger partial charge in [0.05, 0.1) is 6.10 Å². The Balaban J connectivity index is 1.49. The fraction of sp³-hybridized carbons (Fsp3) is 0.588. The van der Waals surface area contributed by atoms with Crippen LogP contribution in [-0.2, 0) is 22.4 Å². The largest absolute Gasteiger partial charge is 0.378 e. The zero-order valence-electron chi connectivity index (χ0n) is 11.4. The molecule has 0 N–H and O–H groups in total. The average molecular weight is 258 g/mol. The van der Waals surface area contributed by atoms with Crippen LogP contribution in [0.15, 0.2) is 24.3 Å². The molecule has 2 aliphatic rings. The van der Waals surface area contributed by atoms with Crippen LogP contribution in [0.2, 0.25) is 0 Å². The van der Waals surface area contributed by atoms with Gasteiger partial charge in [-0.05, 0) is 49.7 Å². The molecule has 0 bridgehead atoms. The molecule has 102 valence electrons. The summed E-state index contributed by atoms with van der Waals surface area (Å²) in [6, 6.07) is 8.46. The molecule has 0 radical (unpaired) electrons. The van der Waals surface area contributed by atoms with Gasteiger partial charge >= 0.3 is 0 Å². The summed E-state index contributed by atoms with van der Waals surface area (Å²) in [6.07, 6.45) is 7.42. The van der Waals surface area contributed by atoms with E-state index >= 15 is 0 Å². The molecular formula is C17H22O2. The van der Waals surface area contributed by atoms with Crippen LogP contribution < -0.4 is 0 Å². The molecule has 1 aromatic carbocycles. The first kappa shape index (κ1) is 12.9. The third-order valence-corrected chi connectivity index (χ3v) is 4.49. The van der Waals surface area contributed by atoms with Crippen LogP contribution >= 0.6 is 0 Å². The first-order chi connectivity index (χ1) is 9.33. The lowest BCUT2D eigenvalue weighted by molar-refractivity contribution is -0.123. The van der Waals surface area contributed by atoms with Crippen LogP contribution in [0.5, 0.6) is 0 Å². The summed E-state index contributed by atoms with van der Waals surface area (Å²) >= 11 is 0. The maximum absolute atomic E-state index is 12.3. The van der Waals surface area contributed by atoms with E-state index in [1.54, 1.807) is 0 Å². The van der Waals surface area contributed by atoms with Gasteiger partial charge in [-0.3, -0.25) is 4.79 Å². The number of carbonyl (C=O) groups is 1. The minimum absolute atomic E-state index is 0.223. The van der Waals surface area contributed by atoms with E-state index in [-0.39, 0.29) is 5.92 Å². The van der Waals surface area contributed by atoms with Crippen molar-refractivity contribution in [1.29, 1.82) is 0 Å². The van der Waals surface area contributed by atoms with Gasteiger partial charge in [-0.1, -0.05) is 24.3 Å². The second-order valence-corrected chi connectivity index (χ2v) is 5.87. The Labute approximate surface area is 115 Å². The van der Waals surface area contributed by atoms with Gasteiger partial charge in [-0.2, -0.15) is 0 Å². The summed E-state index contributed by atoms with van der Waals surface area (Å²) in [6.45, 7) is 0.883. The van der Waals surface area contributed by atoms with E-state index < -0.39 is 0 Å². The molecule has 3 rings (SSSR count). The molecular weight excluding hydrogens is 236 g/mol. The fourth-order valence-electron chi connectivity index (χ4n) is 3.33. The lowest BCUT2D eigenvalue weighted by atomic mass is 9.94. The highest BCUT2D eigenvalue weighted by molar-refractivity contribution is 5.82. The maximum atomic E-state index is 12.3. The highest BCUT2D eigenvalue weighted by Crippen LogP contribution is 2.28. The number of carbonyl (C=O) groups excluding carboxylic acids is 1. The van der Waals surface area contributed by atoms with E-state index in [0.717, 1.165) is 32.3 Å². The monoisotopic (exact) mass is 258 g/mol. The van der Waals surface area contributed by atoms with Crippen molar-refractivity contribution in [1.82, 2.24) is 0 Å². The first-order valence-corrected chi connectivity index (χ1v) is 7.54. The molecule has 1 heterocycles. The first-order valence-electron chi connectivity index (χ1n) is 7.54. The summed E-state index contributed by atoms with van der Waals surface area (Å²) < 4.78 is 5.70. The Morgan fingerprint density at radius 3 is 2.53 bits per heavy atom. The van der Waals surface area contributed by atoms with Crippen molar-refractivity contribution in [2.24, 2.45) is 5.92 Å². The molecule has 1 saturated heterocycles. The van der Waals surface area contributed by atoms with Crippen LogP contribution in [0.3, 0.4) is 0 Å². The van der Waals surface area contributed by atoms with E-state index in [9.17, 15) is 4.79 Å². The van der Waals surface area contributed by atoms with Crippen molar-refractivity contribution in [3.05, 3.63) is 35.4 Å². The molecule has 0 amide bonds. The Kier molecular flexibility index (Phi) is 3.97. The number of rotatable bonds is 4. The second-order valence-electron chi connectivity index (χ2n) is 5.87. The maximum Gasteiger partial charge on any atom is 0.136 e. The summed E-state index contributed by atoms with van der Waals surface area (Å²) in [4.78, 5) is 12.3. The Bertz CT molecular complexity index is 421. The number of Topliss-reactive ketones (excluding diaryl/α,β-unsaturated/α-hetero) is 1. The second kappa shape index (κ2) is 5.87. The molecule has 1 aromatic rings. The quantitative estimate of drug-likeness (QED) is 0.828. The van der Waals surface area contributed by atoms with Gasteiger partial charge in [-0.25, -0.2) is 0 Å². The van der Waals surface area contributed by atoms with E-state index in [4.69, 9.17) is 4.74 Å². The lowest BCUT2D eigenvalue weighted by Gasteiger charge is -2.22. The number of benzene rings is 1. The van der Waals surface area contributed by atoms with E-state index in [2.05, 4.69) is 24.3 Å². The molecule has 0 spiro atoms. The summed E-state index contributed by atoms with van der Waals surface area (Å²) in [7, 11) is 0. The van der Waals surface area contributed by atoms with Gasteiger partial charge in [0, 0.05) is 18.9 Å². The Hall–Kier alpha value is -1.15. The normalized spacial score (nSPS) is 23.3. The molecule has 1 atom stereocenters. The van der Waals surface area contributed by atoms with Crippen LogP contribution in [0.1, 0.15) is 43.2 Å². The topological polar surface area (TPSA) is 26.3 Å². The third-order valence-electron chi connectivity index (χ3n) is 4.49. The molecule has 1 unspecified atom stereocenters. The van der Waals surface area contributed by atoms with Gasteiger partial charge in [0.15, 0.2) is 0 Å². The predicted octanol–water partition coefficient (Wildman–Crippen LogP) is 3.32. The molecule has 1 aliphatic heterocycles. The SMILES string of the molecule is O=C(CCC1CCCCO1)C1Cc2ccccc2C1. The van der Waals surface area contributed by atoms with Gasteiger partial charge < -0.3 is 4.74 Å². The summed E-state index contributed by atoms with van der Waals surface area (Å²) in [5.41, 5.74) is 2.74.